The van der Waals surface area contributed by atoms with Gasteiger partial charge in [-0.25, -0.2) is 4.79 Å². The lowest BCUT2D eigenvalue weighted by Crippen LogP contribution is -2.28. The summed E-state index contributed by atoms with van der Waals surface area (Å²) in [7, 11) is 0. The lowest BCUT2D eigenvalue weighted by molar-refractivity contribution is -0.384. The summed E-state index contributed by atoms with van der Waals surface area (Å²) >= 11 is 11.3. The van der Waals surface area contributed by atoms with E-state index in [0.717, 1.165) is 6.07 Å². The van der Waals surface area contributed by atoms with Gasteiger partial charge in [0.15, 0.2) is 0 Å². The van der Waals surface area contributed by atoms with Crippen LogP contribution in [0.4, 0.5) is 17.1 Å². The van der Waals surface area contributed by atoms with Gasteiger partial charge in [-0.1, -0.05) is 0 Å². The van der Waals surface area contributed by atoms with Gasteiger partial charge in [-0.15, -0.1) is 23.2 Å². The Kier molecular flexibility index (Phi) is 5.84. The Morgan fingerprint density at radius 1 is 1.35 bits per heavy atom. The molecule has 0 saturated carbocycles. The fraction of sp³-hybridized carbons (Fsp3) is 0.364. The number of carbonyl (C=O) groups is 1. The summed E-state index contributed by atoms with van der Waals surface area (Å²) in [6.45, 7) is 0.607. The number of nitro groups is 1. The van der Waals surface area contributed by atoms with Crippen LogP contribution in [0, 0.1) is 10.1 Å². The average molecular weight is 322 g/mol. The minimum Gasteiger partial charge on any atom is -0.478 e. The van der Waals surface area contributed by atoms with Gasteiger partial charge in [0.05, 0.1) is 16.2 Å². The predicted molar refractivity (Wildman–Crippen MR) is 78.1 cm³/mol. The topological polar surface area (TPSA) is 110 Å². The molecular formula is C11H13Cl2N3O4. The second-order valence-corrected chi connectivity index (χ2v) is 4.61. The third-order valence-corrected chi connectivity index (χ3v) is 2.96. The highest BCUT2D eigenvalue weighted by molar-refractivity contribution is 6.18. The van der Waals surface area contributed by atoms with Gasteiger partial charge in [0, 0.05) is 30.9 Å². The van der Waals surface area contributed by atoms with Gasteiger partial charge in [-0.2, -0.15) is 0 Å². The molecule has 1 aromatic rings. The summed E-state index contributed by atoms with van der Waals surface area (Å²) in [5, 5.41) is 20.1. The fourth-order valence-electron chi connectivity index (χ4n) is 1.73. The lowest BCUT2D eigenvalue weighted by atomic mass is 10.1. The molecule has 0 saturated heterocycles. The quantitative estimate of drug-likeness (QED) is 0.344. The Morgan fingerprint density at radius 3 is 2.30 bits per heavy atom. The van der Waals surface area contributed by atoms with Crippen LogP contribution >= 0.6 is 23.2 Å². The van der Waals surface area contributed by atoms with Gasteiger partial charge in [-0.3, -0.25) is 10.1 Å². The number of nitrogen functional groups attached to an aromatic ring is 1. The van der Waals surface area contributed by atoms with E-state index in [1.165, 1.54) is 6.07 Å². The van der Waals surface area contributed by atoms with Crippen LogP contribution < -0.4 is 10.6 Å². The van der Waals surface area contributed by atoms with E-state index in [0.29, 0.717) is 13.1 Å². The standard InChI is InChI=1S/C11H13Cl2N3O4/c12-1-3-15(4-2-13)9-5-7(11(17)18)8(14)6-10(9)16(19)20/h5-6H,1-4,14H2,(H,17,18). The summed E-state index contributed by atoms with van der Waals surface area (Å²) in [5.74, 6) is -0.808. The number of carboxylic acid groups (broad SMARTS) is 1. The van der Waals surface area contributed by atoms with Crippen molar-refractivity contribution in [1.29, 1.82) is 0 Å². The summed E-state index contributed by atoms with van der Waals surface area (Å²) in [6.07, 6.45) is 0. The molecule has 0 atom stereocenters. The van der Waals surface area contributed by atoms with Crippen LogP contribution in [-0.2, 0) is 0 Å². The lowest BCUT2D eigenvalue weighted by Gasteiger charge is -2.23. The molecule has 0 heterocycles. The van der Waals surface area contributed by atoms with E-state index < -0.39 is 10.9 Å². The monoisotopic (exact) mass is 321 g/mol. The molecule has 0 aliphatic heterocycles. The average Bonchev–Trinajstić information content (AvgIpc) is 2.37. The van der Waals surface area contributed by atoms with E-state index in [-0.39, 0.29) is 34.4 Å². The largest absolute Gasteiger partial charge is 0.478 e. The summed E-state index contributed by atoms with van der Waals surface area (Å²) in [6, 6.07) is 2.21. The van der Waals surface area contributed by atoms with E-state index in [2.05, 4.69) is 0 Å². The Morgan fingerprint density at radius 2 is 1.90 bits per heavy atom. The maximum absolute atomic E-state index is 11.1. The van der Waals surface area contributed by atoms with Crippen LogP contribution in [0.2, 0.25) is 0 Å². The molecule has 0 aromatic heterocycles. The first-order valence-corrected chi connectivity index (χ1v) is 6.67. The van der Waals surface area contributed by atoms with Crippen molar-refractivity contribution in [2.45, 2.75) is 0 Å². The van der Waals surface area contributed by atoms with Crippen molar-refractivity contribution in [1.82, 2.24) is 0 Å². The minimum absolute atomic E-state index is 0.142. The Labute approximate surface area is 125 Å². The maximum atomic E-state index is 11.1. The zero-order valence-electron chi connectivity index (χ0n) is 10.4. The number of nitrogens with zero attached hydrogens (tertiary/aromatic N) is 2. The molecule has 1 rings (SSSR count). The molecule has 110 valence electrons. The molecule has 0 unspecified atom stereocenters. The van der Waals surface area contributed by atoms with Crippen molar-refractivity contribution in [2.24, 2.45) is 0 Å². The molecule has 0 aliphatic carbocycles. The summed E-state index contributed by atoms with van der Waals surface area (Å²) in [5.41, 5.74) is 5.03. The van der Waals surface area contributed by atoms with Crippen LogP contribution in [0.15, 0.2) is 12.1 Å². The molecule has 0 fully saturated rings. The van der Waals surface area contributed by atoms with E-state index in [1.807, 2.05) is 0 Å². The summed E-state index contributed by atoms with van der Waals surface area (Å²) < 4.78 is 0. The maximum Gasteiger partial charge on any atom is 0.337 e. The Bertz CT molecular complexity index is 519. The summed E-state index contributed by atoms with van der Waals surface area (Å²) in [4.78, 5) is 23.1. The minimum atomic E-state index is -1.25. The molecule has 0 aliphatic rings. The molecular weight excluding hydrogens is 309 g/mol. The number of carboxylic acids is 1. The zero-order chi connectivity index (χ0) is 15.3. The Balaban J connectivity index is 3.42. The van der Waals surface area contributed by atoms with Gasteiger partial charge in [0.2, 0.25) is 0 Å². The van der Waals surface area contributed by atoms with Crippen molar-refractivity contribution < 1.29 is 14.8 Å². The molecule has 0 radical (unpaired) electrons. The number of benzene rings is 1. The van der Waals surface area contributed by atoms with E-state index >= 15 is 0 Å². The normalized spacial score (nSPS) is 10.3. The second kappa shape index (κ2) is 7.16. The number of halogens is 2. The van der Waals surface area contributed by atoms with Crippen molar-refractivity contribution >= 4 is 46.2 Å². The molecule has 0 bridgehead atoms. The van der Waals surface area contributed by atoms with Crippen LogP contribution in [0.5, 0.6) is 0 Å². The highest BCUT2D eigenvalue weighted by Crippen LogP contribution is 2.33. The SMILES string of the molecule is Nc1cc([N+](=O)[O-])c(N(CCCl)CCCl)cc1C(=O)O. The van der Waals surface area contributed by atoms with Gasteiger partial charge < -0.3 is 15.7 Å². The number of hydrogen-bond donors (Lipinski definition) is 2. The number of alkyl halides is 2. The Hall–Kier alpha value is -1.73. The first kappa shape index (κ1) is 16.3. The van der Waals surface area contributed by atoms with Crippen LogP contribution in [0.3, 0.4) is 0 Å². The number of nitrogens with two attached hydrogens (primary N) is 1. The van der Waals surface area contributed by atoms with Gasteiger partial charge in [0.25, 0.3) is 5.69 Å². The second-order valence-electron chi connectivity index (χ2n) is 3.86. The number of anilines is 2. The molecule has 7 nitrogen and oxygen atoms in total. The van der Waals surface area contributed by atoms with Crippen molar-refractivity contribution in [3.05, 3.63) is 27.8 Å². The number of rotatable bonds is 7. The van der Waals surface area contributed by atoms with E-state index in [9.17, 15) is 14.9 Å². The number of aromatic carboxylic acids is 1. The molecule has 3 N–H and O–H groups in total. The van der Waals surface area contributed by atoms with Crippen LogP contribution in [0.1, 0.15) is 10.4 Å². The van der Waals surface area contributed by atoms with Crippen molar-refractivity contribution in [3.8, 4) is 0 Å². The molecule has 9 heteroatoms. The highest BCUT2D eigenvalue weighted by Gasteiger charge is 2.23. The number of nitro benzene ring substituents is 1. The van der Waals surface area contributed by atoms with Crippen LogP contribution in [0.25, 0.3) is 0 Å². The zero-order valence-corrected chi connectivity index (χ0v) is 11.9. The van der Waals surface area contributed by atoms with Gasteiger partial charge in [0.1, 0.15) is 5.69 Å². The molecule has 0 spiro atoms. The first-order chi connectivity index (χ1) is 9.42. The highest BCUT2D eigenvalue weighted by atomic mass is 35.5. The van der Waals surface area contributed by atoms with Crippen LogP contribution in [-0.4, -0.2) is 40.8 Å². The molecule has 0 amide bonds. The van der Waals surface area contributed by atoms with E-state index in [4.69, 9.17) is 34.0 Å². The van der Waals surface area contributed by atoms with Gasteiger partial charge >= 0.3 is 5.97 Å². The first-order valence-electron chi connectivity index (χ1n) is 5.60. The third kappa shape index (κ3) is 3.64. The van der Waals surface area contributed by atoms with E-state index in [1.54, 1.807) is 4.90 Å². The smallest absolute Gasteiger partial charge is 0.337 e. The van der Waals surface area contributed by atoms with Gasteiger partial charge in [-0.05, 0) is 6.07 Å². The fourth-order valence-corrected chi connectivity index (χ4v) is 2.14. The third-order valence-electron chi connectivity index (χ3n) is 2.62. The predicted octanol–water partition coefficient (Wildman–Crippen LogP) is 2.16. The van der Waals surface area contributed by atoms with Crippen molar-refractivity contribution in [2.75, 3.05) is 35.5 Å². The molecule has 20 heavy (non-hydrogen) atoms. The number of hydrogen-bond acceptors (Lipinski definition) is 5. The van der Waals surface area contributed by atoms with Crippen molar-refractivity contribution in [3.63, 3.8) is 0 Å². The molecule has 1 aromatic carbocycles.